The smallest absolute Gasteiger partial charge is 0.335 e. The number of rotatable bonds is 9. The van der Waals surface area contributed by atoms with Crippen molar-refractivity contribution in [2.75, 3.05) is 23.4 Å². The molecule has 0 unspecified atom stereocenters. The number of ether oxygens (including phenoxy) is 1. The molecule has 7 nitrogen and oxygen atoms in total. The highest BCUT2D eigenvalue weighted by Gasteiger charge is 2.16. The lowest BCUT2D eigenvalue weighted by Gasteiger charge is -2.08. The molecule has 0 saturated heterocycles. The van der Waals surface area contributed by atoms with Gasteiger partial charge in [-0.05, 0) is 55.3 Å². The van der Waals surface area contributed by atoms with Crippen LogP contribution in [0.5, 0.6) is 5.75 Å². The number of hydrogen-bond donors (Lipinski definition) is 2. The molecule has 0 aliphatic carbocycles. The Morgan fingerprint density at radius 3 is 2.44 bits per heavy atom. The van der Waals surface area contributed by atoms with Gasteiger partial charge in [-0.1, -0.05) is 12.1 Å². The zero-order valence-corrected chi connectivity index (χ0v) is 15.7. The van der Waals surface area contributed by atoms with Crippen molar-refractivity contribution in [2.45, 2.75) is 13.3 Å². The van der Waals surface area contributed by atoms with Crippen LogP contribution in [0.4, 0.5) is 5.69 Å². The Balaban J connectivity index is 1.75. The van der Waals surface area contributed by atoms with Gasteiger partial charge in [0.1, 0.15) is 11.5 Å². The summed E-state index contributed by atoms with van der Waals surface area (Å²) in [5.74, 6) is -1.92. The quantitative estimate of drug-likeness (QED) is 0.636. The van der Waals surface area contributed by atoms with Crippen LogP contribution in [0.1, 0.15) is 22.3 Å². The maximum absolute atomic E-state index is 12.0. The third-order valence-corrected chi connectivity index (χ3v) is 5.24. The highest BCUT2D eigenvalue weighted by atomic mass is 32.2. The van der Waals surface area contributed by atoms with Crippen LogP contribution in [-0.4, -0.2) is 43.5 Å². The number of aromatic carboxylic acids is 1. The van der Waals surface area contributed by atoms with E-state index in [4.69, 9.17) is 9.84 Å². The second-order valence-electron chi connectivity index (χ2n) is 6.04. The number of carbonyl (C=O) groups is 2. The number of aryl methyl sites for hydroxylation is 1. The molecule has 0 aliphatic heterocycles. The van der Waals surface area contributed by atoms with Gasteiger partial charge in [-0.15, -0.1) is 0 Å². The van der Waals surface area contributed by atoms with Gasteiger partial charge in [0.25, 0.3) is 0 Å². The van der Waals surface area contributed by atoms with E-state index < -0.39 is 27.5 Å². The first-order valence-corrected chi connectivity index (χ1v) is 10.1. The molecule has 8 heteroatoms. The number of hydrogen-bond acceptors (Lipinski definition) is 5. The fourth-order valence-electron chi connectivity index (χ4n) is 2.35. The predicted octanol–water partition coefficient (Wildman–Crippen LogP) is 2.52. The Bertz CT molecular complexity index is 906. The predicted molar refractivity (Wildman–Crippen MR) is 102 cm³/mol. The zero-order valence-electron chi connectivity index (χ0n) is 14.8. The van der Waals surface area contributed by atoms with Crippen LogP contribution in [-0.2, 0) is 14.6 Å². The summed E-state index contributed by atoms with van der Waals surface area (Å²) in [6.07, 6.45) is 0.223. The van der Waals surface area contributed by atoms with Crippen molar-refractivity contribution in [1.29, 1.82) is 0 Å². The summed E-state index contributed by atoms with van der Waals surface area (Å²) in [6.45, 7) is 2.02. The van der Waals surface area contributed by atoms with Crippen molar-refractivity contribution in [3.63, 3.8) is 0 Å². The third kappa shape index (κ3) is 7.10. The maximum Gasteiger partial charge on any atom is 0.335 e. The molecule has 0 atom stereocenters. The van der Waals surface area contributed by atoms with Crippen LogP contribution in [0.15, 0.2) is 48.5 Å². The first-order valence-electron chi connectivity index (χ1n) is 8.28. The summed E-state index contributed by atoms with van der Waals surface area (Å²) in [7, 11) is -3.55. The second kappa shape index (κ2) is 9.18. The molecule has 0 spiro atoms. The number of carboxylic acids is 1. The number of carbonyl (C=O) groups excluding carboxylic acids is 1. The average Bonchev–Trinajstić information content (AvgIpc) is 2.58. The summed E-state index contributed by atoms with van der Waals surface area (Å²) in [5.41, 5.74) is 1.66. The Kier molecular flexibility index (Phi) is 6.95. The van der Waals surface area contributed by atoms with E-state index in [1.807, 2.05) is 13.0 Å². The highest BCUT2D eigenvalue weighted by molar-refractivity contribution is 7.92. The molecule has 0 bridgehead atoms. The lowest BCUT2D eigenvalue weighted by Crippen LogP contribution is -2.25. The average molecular weight is 391 g/mol. The van der Waals surface area contributed by atoms with E-state index in [2.05, 4.69) is 5.32 Å². The van der Waals surface area contributed by atoms with Crippen LogP contribution < -0.4 is 10.1 Å². The van der Waals surface area contributed by atoms with E-state index in [1.165, 1.54) is 24.3 Å². The molecule has 0 saturated carbocycles. The monoisotopic (exact) mass is 391 g/mol. The molecule has 0 heterocycles. The molecule has 27 heavy (non-hydrogen) atoms. The minimum Gasteiger partial charge on any atom is -0.494 e. The topological polar surface area (TPSA) is 110 Å². The Morgan fingerprint density at radius 1 is 1.11 bits per heavy atom. The van der Waals surface area contributed by atoms with Gasteiger partial charge < -0.3 is 15.2 Å². The molecule has 144 valence electrons. The minimum atomic E-state index is -3.55. The number of sulfone groups is 1. The molecule has 1 amide bonds. The van der Waals surface area contributed by atoms with Gasteiger partial charge in [-0.2, -0.15) is 0 Å². The third-order valence-electron chi connectivity index (χ3n) is 3.62. The van der Waals surface area contributed by atoms with Crippen LogP contribution >= 0.6 is 0 Å². The van der Waals surface area contributed by atoms with E-state index in [0.717, 1.165) is 5.56 Å². The zero-order chi connectivity index (χ0) is 19.9. The molecule has 2 N–H and O–H groups in total. The van der Waals surface area contributed by atoms with Crippen molar-refractivity contribution in [3.05, 3.63) is 59.7 Å². The van der Waals surface area contributed by atoms with Crippen molar-refractivity contribution < 1.29 is 27.9 Å². The molecule has 0 aliphatic rings. The van der Waals surface area contributed by atoms with Crippen molar-refractivity contribution in [3.8, 4) is 5.75 Å². The van der Waals surface area contributed by atoms with Gasteiger partial charge in [0.15, 0.2) is 9.84 Å². The Labute approximate surface area is 157 Å². The largest absolute Gasteiger partial charge is 0.494 e. The molecule has 2 rings (SSSR count). The first-order chi connectivity index (χ1) is 12.7. The lowest BCUT2D eigenvalue weighted by atomic mass is 10.2. The summed E-state index contributed by atoms with van der Waals surface area (Å²) in [4.78, 5) is 22.7. The van der Waals surface area contributed by atoms with Gasteiger partial charge in [-0.25, -0.2) is 13.2 Å². The van der Waals surface area contributed by atoms with Crippen LogP contribution in [0.2, 0.25) is 0 Å². The lowest BCUT2D eigenvalue weighted by molar-refractivity contribution is -0.113. The number of amides is 1. The van der Waals surface area contributed by atoms with E-state index in [1.54, 1.807) is 18.2 Å². The fourth-order valence-corrected chi connectivity index (χ4v) is 3.53. The van der Waals surface area contributed by atoms with Crippen LogP contribution in [0, 0.1) is 6.92 Å². The second-order valence-corrected chi connectivity index (χ2v) is 8.23. The minimum absolute atomic E-state index is 0.143. The Hall–Kier alpha value is -2.87. The van der Waals surface area contributed by atoms with E-state index in [9.17, 15) is 18.0 Å². The summed E-state index contributed by atoms with van der Waals surface area (Å²) in [5, 5.41) is 11.4. The standard InChI is InChI=1S/C19H21NO6S/c1-14-4-2-5-16(12-14)20-18(21)13-27(24,25)11-3-10-26-17-8-6-15(7-9-17)19(22)23/h2,4-9,12H,3,10-11,13H2,1H3,(H,20,21)(H,22,23). The van der Waals surface area contributed by atoms with E-state index in [-0.39, 0.29) is 24.3 Å². The van der Waals surface area contributed by atoms with Crippen molar-refractivity contribution >= 4 is 27.4 Å². The van der Waals surface area contributed by atoms with Gasteiger partial charge in [0, 0.05) is 5.69 Å². The molecule has 0 aromatic heterocycles. The number of anilines is 1. The van der Waals surface area contributed by atoms with Gasteiger partial charge >= 0.3 is 5.97 Å². The number of nitrogens with one attached hydrogen (secondary N) is 1. The fraction of sp³-hybridized carbons (Fsp3) is 0.263. The van der Waals surface area contributed by atoms with Crippen LogP contribution in [0.3, 0.4) is 0 Å². The number of benzene rings is 2. The first kappa shape index (κ1) is 20.4. The Morgan fingerprint density at radius 2 is 1.81 bits per heavy atom. The van der Waals surface area contributed by atoms with Gasteiger partial charge in [-0.3, -0.25) is 4.79 Å². The molecular weight excluding hydrogens is 370 g/mol. The van der Waals surface area contributed by atoms with E-state index in [0.29, 0.717) is 11.4 Å². The van der Waals surface area contributed by atoms with Gasteiger partial charge in [0.05, 0.1) is 17.9 Å². The highest BCUT2D eigenvalue weighted by Crippen LogP contribution is 2.13. The summed E-state index contributed by atoms with van der Waals surface area (Å²) < 4.78 is 29.5. The molecule has 0 radical (unpaired) electrons. The molecule has 2 aromatic carbocycles. The molecular formula is C19H21NO6S. The summed E-state index contributed by atoms with van der Waals surface area (Å²) >= 11 is 0. The molecule has 0 fully saturated rings. The van der Waals surface area contributed by atoms with Crippen LogP contribution in [0.25, 0.3) is 0 Å². The maximum atomic E-state index is 12.0. The molecule has 2 aromatic rings. The number of carboxylic acid groups (broad SMARTS) is 1. The summed E-state index contributed by atoms with van der Waals surface area (Å²) in [6, 6.07) is 12.9. The van der Waals surface area contributed by atoms with Crippen molar-refractivity contribution in [2.24, 2.45) is 0 Å². The normalized spacial score (nSPS) is 11.0. The van der Waals surface area contributed by atoms with Crippen molar-refractivity contribution in [1.82, 2.24) is 0 Å². The van der Waals surface area contributed by atoms with E-state index >= 15 is 0 Å². The SMILES string of the molecule is Cc1cccc(NC(=O)CS(=O)(=O)CCCOc2ccc(C(=O)O)cc2)c1. The van der Waals surface area contributed by atoms with Gasteiger partial charge in [0.2, 0.25) is 5.91 Å².